The Bertz CT molecular complexity index is 488. The molecule has 0 spiro atoms. The van der Waals surface area contributed by atoms with Gasteiger partial charge < -0.3 is 4.74 Å². The van der Waals surface area contributed by atoms with Crippen molar-refractivity contribution in [2.45, 2.75) is 6.42 Å². The molecule has 1 aromatic carbocycles. The molecule has 1 heterocycles. The summed E-state index contributed by atoms with van der Waals surface area (Å²) in [6.07, 6.45) is 2.52. The van der Waals surface area contributed by atoms with Crippen LogP contribution in [0.4, 0.5) is 0 Å². The van der Waals surface area contributed by atoms with Gasteiger partial charge in [-0.25, -0.2) is 4.79 Å². The van der Waals surface area contributed by atoms with E-state index in [-0.39, 0.29) is 11.8 Å². The number of hydrogen-bond donors (Lipinski definition) is 0. The number of esters is 1. The number of carbonyl (C=O) groups excluding carboxylic acids is 2. The second kappa shape index (κ2) is 5.87. The van der Waals surface area contributed by atoms with Crippen LogP contribution in [-0.4, -0.2) is 30.4 Å². The Morgan fingerprint density at radius 2 is 2.06 bits per heavy atom. The highest BCUT2D eigenvalue weighted by Gasteiger charge is 2.15. The summed E-state index contributed by atoms with van der Waals surface area (Å²) in [5, 5.41) is 0. The molecule has 1 aliphatic rings. The first-order valence-corrected chi connectivity index (χ1v) is 6.86. The third-order valence-corrected chi connectivity index (χ3v) is 3.77. The monoisotopic (exact) mass is 262 g/mol. The van der Waals surface area contributed by atoms with Crippen LogP contribution in [-0.2, 0) is 9.53 Å². The molecule has 0 aromatic heterocycles. The summed E-state index contributed by atoms with van der Waals surface area (Å²) < 4.78 is 4.63. The molecule has 1 aromatic rings. The van der Waals surface area contributed by atoms with Gasteiger partial charge in [-0.1, -0.05) is 12.1 Å². The summed E-state index contributed by atoms with van der Waals surface area (Å²) in [5.74, 6) is 1.57. The standard InChI is InChI=1S/C14H14O3S/c1-17-14(16)11-4-2-10(3-5-11)8-12-9-18-7-6-13(12)15/h2-5,8H,6-7,9H2,1H3/b12-8+. The molecule has 1 aliphatic heterocycles. The Balaban J connectivity index is 2.17. The first-order chi connectivity index (χ1) is 8.70. The fourth-order valence-corrected chi connectivity index (χ4v) is 2.68. The maximum Gasteiger partial charge on any atom is 0.337 e. The predicted molar refractivity (Wildman–Crippen MR) is 72.7 cm³/mol. The minimum atomic E-state index is -0.349. The fourth-order valence-electron chi connectivity index (χ4n) is 1.74. The largest absolute Gasteiger partial charge is 0.465 e. The summed E-state index contributed by atoms with van der Waals surface area (Å²) in [6, 6.07) is 7.06. The van der Waals surface area contributed by atoms with E-state index in [0.717, 1.165) is 22.6 Å². The summed E-state index contributed by atoms with van der Waals surface area (Å²) >= 11 is 1.77. The molecule has 0 aliphatic carbocycles. The van der Waals surface area contributed by atoms with Gasteiger partial charge in [0.2, 0.25) is 0 Å². The van der Waals surface area contributed by atoms with Gasteiger partial charge in [0.05, 0.1) is 12.7 Å². The zero-order valence-corrected chi connectivity index (χ0v) is 11.0. The molecule has 2 rings (SSSR count). The van der Waals surface area contributed by atoms with Crippen LogP contribution < -0.4 is 0 Å². The molecule has 0 atom stereocenters. The number of ketones is 1. The van der Waals surface area contributed by atoms with Crippen molar-refractivity contribution in [1.29, 1.82) is 0 Å². The molecule has 18 heavy (non-hydrogen) atoms. The Morgan fingerprint density at radius 1 is 1.33 bits per heavy atom. The Labute approximate surface area is 110 Å². The van der Waals surface area contributed by atoms with Gasteiger partial charge >= 0.3 is 5.97 Å². The van der Waals surface area contributed by atoms with Crippen LogP contribution in [0.2, 0.25) is 0 Å². The maximum absolute atomic E-state index is 11.7. The van der Waals surface area contributed by atoms with Crippen LogP contribution in [0.5, 0.6) is 0 Å². The molecule has 94 valence electrons. The number of ether oxygens (including phenoxy) is 1. The summed E-state index contributed by atoms with van der Waals surface area (Å²) in [5.41, 5.74) is 2.31. The van der Waals surface area contributed by atoms with E-state index in [4.69, 9.17) is 0 Å². The van der Waals surface area contributed by atoms with E-state index in [1.54, 1.807) is 23.9 Å². The molecule has 1 saturated heterocycles. The third kappa shape index (κ3) is 3.01. The third-order valence-electron chi connectivity index (χ3n) is 2.76. The molecule has 0 radical (unpaired) electrons. The van der Waals surface area contributed by atoms with Crippen LogP contribution in [0.25, 0.3) is 6.08 Å². The van der Waals surface area contributed by atoms with Crippen molar-refractivity contribution in [2.24, 2.45) is 0 Å². The topological polar surface area (TPSA) is 43.4 Å². The second-order valence-corrected chi connectivity index (χ2v) is 5.11. The molecule has 3 nitrogen and oxygen atoms in total. The van der Waals surface area contributed by atoms with Crippen LogP contribution in [0.3, 0.4) is 0 Å². The number of carbonyl (C=O) groups is 2. The van der Waals surface area contributed by atoms with E-state index >= 15 is 0 Å². The number of Topliss-reactive ketones (excluding diaryl/α,β-unsaturated/α-hetero) is 1. The van der Waals surface area contributed by atoms with Crippen LogP contribution in [0.1, 0.15) is 22.3 Å². The molecule has 1 fully saturated rings. The molecule has 4 heteroatoms. The zero-order valence-electron chi connectivity index (χ0n) is 10.1. The molecule has 0 N–H and O–H groups in total. The first kappa shape index (κ1) is 12.9. The van der Waals surface area contributed by atoms with Gasteiger partial charge in [0.15, 0.2) is 5.78 Å². The zero-order chi connectivity index (χ0) is 13.0. The number of thioether (sulfide) groups is 1. The fraction of sp³-hybridized carbons (Fsp3) is 0.286. The van der Waals surface area contributed by atoms with E-state index < -0.39 is 0 Å². The normalized spacial score (nSPS) is 17.8. The second-order valence-electron chi connectivity index (χ2n) is 4.01. The lowest BCUT2D eigenvalue weighted by molar-refractivity contribution is -0.115. The minimum Gasteiger partial charge on any atom is -0.465 e. The minimum absolute atomic E-state index is 0.228. The van der Waals surface area contributed by atoms with Crippen molar-refractivity contribution in [1.82, 2.24) is 0 Å². The average Bonchev–Trinajstić information content (AvgIpc) is 2.41. The Morgan fingerprint density at radius 3 is 2.67 bits per heavy atom. The van der Waals surface area contributed by atoms with Crippen molar-refractivity contribution in [3.8, 4) is 0 Å². The molecular weight excluding hydrogens is 248 g/mol. The van der Waals surface area contributed by atoms with Crippen LogP contribution >= 0.6 is 11.8 Å². The summed E-state index contributed by atoms with van der Waals surface area (Å²) in [6.45, 7) is 0. The van der Waals surface area contributed by atoms with E-state index in [1.807, 2.05) is 18.2 Å². The van der Waals surface area contributed by atoms with Crippen molar-refractivity contribution in [3.05, 3.63) is 41.0 Å². The Kier molecular flexibility index (Phi) is 4.20. The highest BCUT2D eigenvalue weighted by Crippen LogP contribution is 2.21. The lowest BCUT2D eigenvalue weighted by atomic mass is 10.1. The molecule has 0 saturated carbocycles. The van der Waals surface area contributed by atoms with Gasteiger partial charge in [-0.3, -0.25) is 4.79 Å². The Hall–Kier alpha value is -1.55. The van der Waals surface area contributed by atoms with E-state index in [2.05, 4.69) is 4.74 Å². The van der Waals surface area contributed by atoms with Crippen molar-refractivity contribution < 1.29 is 14.3 Å². The van der Waals surface area contributed by atoms with Gasteiger partial charge in [-0.05, 0) is 23.8 Å². The smallest absolute Gasteiger partial charge is 0.337 e. The van der Waals surface area contributed by atoms with Crippen LogP contribution in [0, 0.1) is 0 Å². The molecule has 0 amide bonds. The molecule has 0 unspecified atom stereocenters. The SMILES string of the molecule is COC(=O)c1ccc(/C=C2\CSCCC2=O)cc1. The number of benzene rings is 1. The van der Waals surface area contributed by atoms with E-state index in [1.165, 1.54) is 7.11 Å². The van der Waals surface area contributed by atoms with Gasteiger partial charge in [0.25, 0.3) is 0 Å². The number of methoxy groups -OCH3 is 1. The summed E-state index contributed by atoms with van der Waals surface area (Å²) in [7, 11) is 1.36. The summed E-state index contributed by atoms with van der Waals surface area (Å²) in [4.78, 5) is 22.9. The molecular formula is C14H14O3S. The lowest BCUT2D eigenvalue weighted by Crippen LogP contribution is -2.11. The molecule has 0 bridgehead atoms. The number of hydrogen-bond acceptors (Lipinski definition) is 4. The van der Waals surface area contributed by atoms with Crippen molar-refractivity contribution in [2.75, 3.05) is 18.6 Å². The predicted octanol–water partition coefficient (Wildman–Crippen LogP) is 2.56. The van der Waals surface area contributed by atoms with Crippen molar-refractivity contribution >= 4 is 29.6 Å². The maximum atomic E-state index is 11.7. The van der Waals surface area contributed by atoms with E-state index in [0.29, 0.717) is 12.0 Å². The van der Waals surface area contributed by atoms with Gasteiger partial charge in [-0.2, -0.15) is 11.8 Å². The van der Waals surface area contributed by atoms with E-state index in [9.17, 15) is 9.59 Å². The average molecular weight is 262 g/mol. The van der Waals surface area contributed by atoms with Gasteiger partial charge in [0, 0.05) is 23.5 Å². The lowest BCUT2D eigenvalue weighted by Gasteiger charge is -2.12. The highest BCUT2D eigenvalue weighted by molar-refractivity contribution is 7.99. The van der Waals surface area contributed by atoms with Crippen LogP contribution in [0.15, 0.2) is 29.8 Å². The number of rotatable bonds is 2. The van der Waals surface area contributed by atoms with Gasteiger partial charge in [0.1, 0.15) is 0 Å². The highest BCUT2D eigenvalue weighted by atomic mass is 32.2. The first-order valence-electron chi connectivity index (χ1n) is 5.70. The van der Waals surface area contributed by atoms with Gasteiger partial charge in [-0.15, -0.1) is 0 Å². The quantitative estimate of drug-likeness (QED) is 0.607. The van der Waals surface area contributed by atoms with Crippen molar-refractivity contribution in [3.63, 3.8) is 0 Å².